The number of aliphatic hydroxyl groups excluding tert-OH is 1. The molecular formula is C22H30N2O3S. The van der Waals surface area contributed by atoms with Crippen LogP contribution in [0.25, 0.3) is 0 Å². The van der Waals surface area contributed by atoms with Gasteiger partial charge in [0.1, 0.15) is 12.7 Å². The summed E-state index contributed by atoms with van der Waals surface area (Å²) in [4.78, 5) is 6.31. The van der Waals surface area contributed by atoms with Crippen molar-refractivity contribution in [3.05, 3.63) is 45.6 Å². The Hall–Kier alpha value is -1.60. The molecule has 4 rings (SSSR count). The summed E-state index contributed by atoms with van der Waals surface area (Å²) in [5.74, 6) is 1.43. The van der Waals surface area contributed by atoms with Crippen LogP contribution in [-0.4, -0.2) is 60.9 Å². The van der Waals surface area contributed by atoms with Crippen LogP contribution in [0.1, 0.15) is 28.8 Å². The normalized spacial score (nSPS) is 18.8. The van der Waals surface area contributed by atoms with E-state index in [0.717, 1.165) is 44.9 Å². The highest BCUT2D eigenvalue weighted by Crippen LogP contribution is 2.30. The van der Waals surface area contributed by atoms with Crippen molar-refractivity contribution in [2.75, 3.05) is 39.9 Å². The number of β-amino-alcohol motifs (C(OH)–C–C–N with tert-alkyl or cyclic N) is 1. The van der Waals surface area contributed by atoms with E-state index in [1.165, 1.54) is 28.8 Å². The Morgan fingerprint density at radius 2 is 1.96 bits per heavy atom. The van der Waals surface area contributed by atoms with Gasteiger partial charge in [-0.25, -0.2) is 0 Å². The number of hydrogen-bond acceptors (Lipinski definition) is 6. The van der Waals surface area contributed by atoms with Crippen LogP contribution < -0.4 is 9.47 Å². The molecule has 1 atom stereocenters. The number of methoxy groups -OCH3 is 1. The molecule has 1 N–H and O–H groups in total. The third-order valence-corrected chi connectivity index (χ3v) is 6.64. The van der Waals surface area contributed by atoms with E-state index >= 15 is 0 Å². The largest absolute Gasteiger partial charge is 0.493 e. The first-order valence-electron chi connectivity index (χ1n) is 10.2. The van der Waals surface area contributed by atoms with Crippen molar-refractivity contribution in [2.24, 2.45) is 0 Å². The molecule has 2 aromatic rings. The molecule has 1 saturated heterocycles. The molecule has 0 aliphatic carbocycles. The second-order valence-corrected chi connectivity index (χ2v) is 8.79. The zero-order chi connectivity index (χ0) is 19.3. The first kappa shape index (κ1) is 19.7. The molecule has 1 aromatic heterocycles. The second kappa shape index (κ2) is 9.27. The van der Waals surface area contributed by atoms with Gasteiger partial charge in [-0.15, -0.1) is 11.3 Å². The van der Waals surface area contributed by atoms with Crippen LogP contribution in [0.5, 0.6) is 11.5 Å². The number of aliphatic hydroxyl groups is 1. The summed E-state index contributed by atoms with van der Waals surface area (Å²) in [6.07, 6.45) is 3.12. The SMILES string of the molecule is COc1cc(CN2CCc3sccc3C2)ccc1OCC(O)CN1CCCC1. The Balaban J connectivity index is 1.32. The summed E-state index contributed by atoms with van der Waals surface area (Å²) in [6, 6.07) is 8.38. The Kier molecular flexibility index (Phi) is 6.52. The zero-order valence-corrected chi connectivity index (χ0v) is 17.4. The number of hydrogen-bond donors (Lipinski definition) is 1. The molecule has 0 bridgehead atoms. The highest BCUT2D eigenvalue weighted by atomic mass is 32.1. The predicted molar refractivity (Wildman–Crippen MR) is 112 cm³/mol. The summed E-state index contributed by atoms with van der Waals surface area (Å²) in [6.45, 7) is 6.15. The second-order valence-electron chi connectivity index (χ2n) is 7.79. The molecule has 2 aliphatic heterocycles. The molecule has 0 radical (unpaired) electrons. The minimum absolute atomic E-state index is 0.291. The van der Waals surface area contributed by atoms with E-state index in [0.29, 0.717) is 18.9 Å². The number of ether oxygens (including phenoxy) is 2. The number of rotatable bonds is 8. The first-order valence-corrected chi connectivity index (χ1v) is 11.1. The lowest BCUT2D eigenvalue weighted by Gasteiger charge is -2.27. The fraction of sp³-hybridized carbons (Fsp3) is 0.545. The zero-order valence-electron chi connectivity index (χ0n) is 16.6. The average molecular weight is 403 g/mol. The van der Waals surface area contributed by atoms with Crippen LogP contribution >= 0.6 is 11.3 Å². The number of benzene rings is 1. The molecule has 1 fully saturated rings. The smallest absolute Gasteiger partial charge is 0.161 e. The van der Waals surface area contributed by atoms with E-state index in [-0.39, 0.29) is 0 Å². The number of nitrogens with zero attached hydrogens (tertiary/aromatic N) is 2. The summed E-state index contributed by atoms with van der Waals surface area (Å²) in [5.41, 5.74) is 2.69. The van der Waals surface area contributed by atoms with Gasteiger partial charge in [0.25, 0.3) is 0 Å². The Labute approximate surface area is 171 Å². The van der Waals surface area contributed by atoms with Gasteiger partial charge in [0, 0.05) is 31.1 Å². The van der Waals surface area contributed by atoms with Crippen molar-refractivity contribution < 1.29 is 14.6 Å². The first-order chi connectivity index (χ1) is 13.7. The lowest BCUT2D eigenvalue weighted by atomic mass is 10.1. The molecule has 5 nitrogen and oxygen atoms in total. The Morgan fingerprint density at radius 3 is 2.79 bits per heavy atom. The van der Waals surface area contributed by atoms with Gasteiger partial charge in [-0.1, -0.05) is 6.07 Å². The maximum absolute atomic E-state index is 10.3. The summed E-state index contributed by atoms with van der Waals surface area (Å²) < 4.78 is 11.4. The molecule has 0 amide bonds. The molecule has 0 spiro atoms. The average Bonchev–Trinajstić information content (AvgIpc) is 3.38. The maximum Gasteiger partial charge on any atom is 0.161 e. The van der Waals surface area contributed by atoms with Gasteiger partial charge in [-0.2, -0.15) is 0 Å². The summed E-state index contributed by atoms with van der Waals surface area (Å²) >= 11 is 1.87. The van der Waals surface area contributed by atoms with Gasteiger partial charge in [0.2, 0.25) is 0 Å². The summed E-state index contributed by atoms with van der Waals surface area (Å²) in [7, 11) is 1.67. The van der Waals surface area contributed by atoms with E-state index in [2.05, 4.69) is 33.4 Å². The van der Waals surface area contributed by atoms with Crippen LogP contribution in [0.3, 0.4) is 0 Å². The molecule has 0 saturated carbocycles. The van der Waals surface area contributed by atoms with Crippen molar-refractivity contribution in [1.29, 1.82) is 0 Å². The van der Waals surface area contributed by atoms with E-state index < -0.39 is 6.10 Å². The molecular weight excluding hydrogens is 372 g/mol. The molecule has 2 aliphatic rings. The van der Waals surface area contributed by atoms with Gasteiger partial charge in [0.15, 0.2) is 11.5 Å². The fourth-order valence-electron chi connectivity index (χ4n) is 4.13. The maximum atomic E-state index is 10.3. The highest BCUT2D eigenvalue weighted by Gasteiger charge is 2.19. The van der Waals surface area contributed by atoms with Crippen molar-refractivity contribution in [1.82, 2.24) is 9.80 Å². The van der Waals surface area contributed by atoms with Crippen LogP contribution in [0, 0.1) is 0 Å². The van der Waals surface area contributed by atoms with Crippen molar-refractivity contribution in [2.45, 2.75) is 38.5 Å². The molecule has 152 valence electrons. The lowest BCUT2D eigenvalue weighted by Crippen LogP contribution is -2.33. The van der Waals surface area contributed by atoms with Crippen molar-refractivity contribution in [3.63, 3.8) is 0 Å². The topological polar surface area (TPSA) is 45.2 Å². The van der Waals surface area contributed by atoms with E-state index in [1.54, 1.807) is 7.11 Å². The fourth-order valence-corrected chi connectivity index (χ4v) is 5.02. The Morgan fingerprint density at radius 1 is 1.11 bits per heavy atom. The van der Waals surface area contributed by atoms with Crippen molar-refractivity contribution >= 4 is 11.3 Å². The van der Waals surface area contributed by atoms with Crippen LogP contribution in [-0.2, 0) is 19.5 Å². The minimum Gasteiger partial charge on any atom is -0.493 e. The monoisotopic (exact) mass is 402 g/mol. The third kappa shape index (κ3) is 4.87. The van der Waals surface area contributed by atoms with Crippen LogP contribution in [0.2, 0.25) is 0 Å². The molecule has 28 heavy (non-hydrogen) atoms. The number of likely N-dealkylation sites (tertiary alicyclic amines) is 1. The van der Waals surface area contributed by atoms with Gasteiger partial charge in [-0.3, -0.25) is 4.90 Å². The van der Waals surface area contributed by atoms with Crippen LogP contribution in [0.15, 0.2) is 29.6 Å². The number of fused-ring (bicyclic) bond motifs is 1. The molecule has 1 unspecified atom stereocenters. The van der Waals surface area contributed by atoms with Gasteiger partial charge in [-0.05, 0) is 67.1 Å². The molecule has 6 heteroatoms. The minimum atomic E-state index is -0.476. The van der Waals surface area contributed by atoms with Gasteiger partial charge < -0.3 is 19.5 Å². The number of thiophene rings is 1. The predicted octanol–water partition coefficient (Wildman–Crippen LogP) is 3.15. The standard InChI is InChI=1S/C22H30N2O3S/c1-26-21-12-17(13-24-10-6-22-18(14-24)7-11-28-22)4-5-20(21)27-16-19(25)15-23-8-2-3-9-23/h4-5,7,11-12,19,25H,2-3,6,8-10,13-16H2,1H3. The van der Waals surface area contributed by atoms with Gasteiger partial charge >= 0.3 is 0 Å². The third-order valence-electron chi connectivity index (χ3n) is 5.62. The van der Waals surface area contributed by atoms with E-state index in [1.807, 2.05) is 17.4 Å². The molecule has 3 heterocycles. The Bertz CT molecular complexity index is 773. The van der Waals surface area contributed by atoms with Crippen LogP contribution in [0.4, 0.5) is 0 Å². The summed E-state index contributed by atoms with van der Waals surface area (Å²) in [5, 5.41) is 12.5. The van der Waals surface area contributed by atoms with E-state index in [4.69, 9.17) is 9.47 Å². The molecule has 1 aromatic carbocycles. The van der Waals surface area contributed by atoms with Crippen molar-refractivity contribution in [3.8, 4) is 11.5 Å². The quantitative estimate of drug-likeness (QED) is 0.735. The lowest BCUT2D eigenvalue weighted by molar-refractivity contribution is 0.0747. The van der Waals surface area contributed by atoms with Gasteiger partial charge in [0.05, 0.1) is 7.11 Å². The van der Waals surface area contributed by atoms with E-state index in [9.17, 15) is 5.11 Å². The highest BCUT2D eigenvalue weighted by molar-refractivity contribution is 7.10.